The number of aryl methyl sites for hydroxylation is 1. The van der Waals surface area contributed by atoms with Crippen LogP contribution < -0.4 is 14.8 Å². The van der Waals surface area contributed by atoms with Gasteiger partial charge in [0.25, 0.3) is 0 Å². The van der Waals surface area contributed by atoms with E-state index in [1.165, 1.54) is 12.1 Å². The molecule has 4 nitrogen and oxygen atoms in total. The van der Waals surface area contributed by atoms with Crippen LogP contribution in [0.2, 0.25) is 0 Å². The number of aliphatic hydroxyl groups is 1. The van der Waals surface area contributed by atoms with Crippen molar-refractivity contribution in [1.29, 1.82) is 0 Å². The fraction of sp³-hybridized carbons (Fsp3) is 0.455. The van der Waals surface area contributed by atoms with Crippen molar-refractivity contribution in [2.24, 2.45) is 5.92 Å². The number of piperidine rings is 1. The fourth-order valence-corrected chi connectivity index (χ4v) is 4.07. The highest BCUT2D eigenvalue weighted by Crippen LogP contribution is 2.45. The van der Waals surface area contributed by atoms with Crippen LogP contribution in [0.5, 0.6) is 11.5 Å². The van der Waals surface area contributed by atoms with Crippen molar-refractivity contribution in [3.05, 3.63) is 59.4 Å². The van der Waals surface area contributed by atoms with Gasteiger partial charge in [0.1, 0.15) is 5.82 Å². The van der Waals surface area contributed by atoms with E-state index in [1.807, 2.05) is 18.2 Å². The molecule has 2 aromatic carbocycles. The van der Waals surface area contributed by atoms with Gasteiger partial charge in [0, 0.05) is 5.56 Å². The van der Waals surface area contributed by atoms with Gasteiger partial charge in [-0.15, -0.1) is 0 Å². The molecule has 3 rings (SSSR count). The Morgan fingerprint density at radius 3 is 2.41 bits per heavy atom. The second kappa shape index (κ2) is 8.72. The summed E-state index contributed by atoms with van der Waals surface area (Å²) in [6.45, 7) is 1.77. The third-order valence-corrected chi connectivity index (χ3v) is 5.59. The van der Waals surface area contributed by atoms with Crippen molar-refractivity contribution in [2.45, 2.75) is 31.3 Å². The van der Waals surface area contributed by atoms with E-state index in [9.17, 15) is 9.50 Å². The van der Waals surface area contributed by atoms with Gasteiger partial charge in [-0.2, -0.15) is 0 Å². The van der Waals surface area contributed by atoms with Crippen molar-refractivity contribution < 1.29 is 19.0 Å². The molecular formula is C22H28FNO3. The van der Waals surface area contributed by atoms with Gasteiger partial charge >= 0.3 is 0 Å². The normalized spacial score (nSPS) is 17.3. The van der Waals surface area contributed by atoms with Crippen molar-refractivity contribution in [2.75, 3.05) is 27.3 Å². The Kier molecular flexibility index (Phi) is 6.34. The topological polar surface area (TPSA) is 50.7 Å². The molecule has 0 amide bonds. The maximum Gasteiger partial charge on any atom is 0.166 e. The summed E-state index contributed by atoms with van der Waals surface area (Å²) in [6.07, 6.45) is 2.97. The maximum atomic E-state index is 13.2. The van der Waals surface area contributed by atoms with E-state index in [0.29, 0.717) is 24.3 Å². The van der Waals surface area contributed by atoms with Crippen LogP contribution in [-0.4, -0.2) is 32.4 Å². The molecule has 1 atom stereocenters. The molecule has 0 aliphatic carbocycles. The average molecular weight is 373 g/mol. The molecular weight excluding hydrogens is 345 g/mol. The Labute approximate surface area is 160 Å². The lowest BCUT2D eigenvalue weighted by Gasteiger charge is -2.40. The third-order valence-electron chi connectivity index (χ3n) is 5.59. The first-order chi connectivity index (χ1) is 13.1. The van der Waals surface area contributed by atoms with E-state index in [0.717, 1.165) is 37.1 Å². The van der Waals surface area contributed by atoms with Crippen molar-refractivity contribution in [1.82, 2.24) is 5.32 Å². The zero-order valence-electron chi connectivity index (χ0n) is 16.0. The minimum absolute atomic E-state index is 0.111. The number of nitrogens with one attached hydrogen (secondary N) is 1. The first kappa shape index (κ1) is 19.6. The third kappa shape index (κ3) is 4.25. The highest BCUT2D eigenvalue weighted by molar-refractivity contribution is 5.49. The average Bonchev–Trinajstić information content (AvgIpc) is 2.73. The number of rotatable bonds is 7. The van der Waals surface area contributed by atoms with Crippen LogP contribution in [0, 0.1) is 11.7 Å². The Hall–Kier alpha value is -2.11. The molecule has 2 aromatic rings. The number of halogens is 1. The second-order valence-electron chi connectivity index (χ2n) is 7.12. The van der Waals surface area contributed by atoms with Gasteiger partial charge in [0.05, 0.1) is 19.8 Å². The van der Waals surface area contributed by atoms with Gasteiger partial charge in [-0.1, -0.05) is 24.3 Å². The van der Waals surface area contributed by atoms with Crippen LogP contribution in [0.25, 0.3) is 0 Å². The molecule has 0 aromatic heterocycles. The minimum atomic E-state index is -1.05. The van der Waals surface area contributed by atoms with Crippen molar-refractivity contribution >= 4 is 0 Å². The maximum absolute atomic E-state index is 13.2. The predicted molar refractivity (Wildman–Crippen MR) is 104 cm³/mol. The monoisotopic (exact) mass is 373 g/mol. The first-order valence-electron chi connectivity index (χ1n) is 9.47. The van der Waals surface area contributed by atoms with Crippen LogP contribution in [0.4, 0.5) is 4.39 Å². The lowest BCUT2D eigenvalue weighted by Crippen LogP contribution is -2.42. The molecule has 1 fully saturated rings. The van der Waals surface area contributed by atoms with Crippen LogP contribution in [0.1, 0.15) is 30.4 Å². The predicted octanol–water partition coefficient (Wildman–Crippen LogP) is 3.66. The fourth-order valence-electron chi connectivity index (χ4n) is 4.07. The summed E-state index contributed by atoms with van der Waals surface area (Å²) in [4.78, 5) is 0. The first-order valence-corrected chi connectivity index (χ1v) is 9.47. The summed E-state index contributed by atoms with van der Waals surface area (Å²) in [5.74, 6) is 1.06. The highest BCUT2D eigenvalue weighted by atomic mass is 19.1. The summed E-state index contributed by atoms with van der Waals surface area (Å²) in [5.41, 5.74) is 0.722. The number of hydrogen-bond acceptors (Lipinski definition) is 4. The largest absolute Gasteiger partial charge is 0.493 e. The van der Waals surface area contributed by atoms with Gasteiger partial charge in [-0.3, -0.25) is 0 Å². The minimum Gasteiger partial charge on any atom is -0.493 e. The number of hydrogen-bond donors (Lipinski definition) is 2. The van der Waals surface area contributed by atoms with Gasteiger partial charge in [0.15, 0.2) is 11.5 Å². The van der Waals surface area contributed by atoms with Gasteiger partial charge in [-0.25, -0.2) is 4.39 Å². The summed E-state index contributed by atoms with van der Waals surface area (Å²) in [7, 11) is 3.20. The lowest BCUT2D eigenvalue weighted by atomic mass is 9.73. The molecule has 1 aliphatic heterocycles. The van der Waals surface area contributed by atoms with Gasteiger partial charge < -0.3 is 19.9 Å². The van der Waals surface area contributed by atoms with Gasteiger partial charge in [0.2, 0.25) is 0 Å². The van der Waals surface area contributed by atoms with E-state index in [4.69, 9.17) is 9.47 Å². The van der Waals surface area contributed by atoms with Gasteiger partial charge in [-0.05, 0) is 68.5 Å². The molecule has 1 aliphatic rings. The molecule has 0 unspecified atom stereocenters. The molecule has 2 N–H and O–H groups in total. The van der Waals surface area contributed by atoms with E-state index in [1.54, 1.807) is 26.4 Å². The van der Waals surface area contributed by atoms with E-state index in [-0.39, 0.29) is 11.7 Å². The lowest BCUT2D eigenvalue weighted by molar-refractivity contribution is -0.0450. The van der Waals surface area contributed by atoms with Crippen LogP contribution in [-0.2, 0) is 12.0 Å². The second-order valence-corrected chi connectivity index (χ2v) is 7.12. The quantitative estimate of drug-likeness (QED) is 0.778. The molecule has 1 saturated heterocycles. The standard InChI is InChI=1S/C22H28FNO3/c1-26-20-5-3-4-19(21(20)27-2)22(25,17-11-14-24-15-12-17)13-10-16-6-8-18(23)9-7-16/h3-9,17,24-25H,10-15H2,1-2H3/t22-/m0/s1. The zero-order chi connectivity index (χ0) is 19.3. The Bertz CT molecular complexity index is 744. The summed E-state index contributed by atoms with van der Waals surface area (Å²) < 4.78 is 24.3. The van der Waals surface area contributed by atoms with Crippen molar-refractivity contribution in [3.63, 3.8) is 0 Å². The number of ether oxygens (including phenoxy) is 2. The van der Waals surface area contributed by atoms with Crippen LogP contribution in [0.3, 0.4) is 0 Å². The molecule has 0 spiro atoms. The molecule has 5 heteroatoms. The Morgan fingerprint density at radius 1 is 1.07 bits per heavy atom. The summed E-state index contributed by atoms with van der Waals surface area (Å²) >= 11 is 0. The molecule has 1 heterocycles. The smallest absolute Gasteiger partial charge is 0.166 e. The van der Waals surface area contributed by atoms with Crippen LogP contribution >= 0.6 is 0 Å². The molecule has 0 radical (unpaired) electrons. The zero-order valence-corrected chi connectivity index (χ0v) is 16.0. The summed E-state index contributed by atoms with van der Waals surface area (Å²) in [6, 6.07) is 12.1. The van der Waals surface area contributed by atoms with E-state index in [2.05, 4.69) is 5.32 Å². The van der Waals surface area contributed by atoms with Crippen molar-refractivity contribution in [3.8, 4) is 11.5 Å². The van der Waals surface area contributed by atoms with E-state index >= 15 is 0 Å². The molecule has 27 heavy (non-hydrogen) atoms. The highest BCUT2D eigenvalue weighted by Gasteiger charge is 2.41. The Morgan fingerprint density at radius 2 is 1.78 bits per heavy atom. The SMILES string of the molecule is COc1cccc([C@](O)(CCc2ccc(F)cc2)C2CCNCC2)c1OC. The number of para-hydroxylation sites is 1. The molecule has 146 valence electrons. The Balaban J connectivity index is 1.96. The van der Waals surface area contributed by atoms with E-state index < -0.39 is 5.60 Å². The number of methoxy groups -OCH3 is 2. The van der Waals surface area contributed by atoms with Crippen LogP contribution in [0.15, 0.2) is 42.5 Å². The molecule has 0 bridgehead atoms. The number of benzene rings is 2. The molecule has 0 saturated carbocycles. The summed E-state index contributed by atoms with van der Waals surface area (Å²) in [5, 5.41) is 15.3.